The number of nitrogens with zero attached hydrogens (tertiary/aromatic N) is 6. The van der Waals surface area contributed by atoms with Gasteiger partial charge in [0.25, 0.3) is 10.0 Å². The first-order valence-electron chi connectivity index (χ1n) is 16.4. The molecule has 0 aliphatic carbocycles. The normalized spacial score (nSPS) is 16.8. The molecule has 5 aromatic rings. The molecule has 4 heterocycles. The zero-order chi connectivity index (χ0) is 33.4. The molecular formula is C37H41N6O4S. The maximum absolute atomic E-state index is 13.9. The zero-order valence-electron chi connectivity index (χ0n) is 27.9. The molecule has 7 rings (SSSR count). The fourth-order valence-corrected chi connectivity index (χ4v) is 8.22. The van der Waals surface area contributed by atoms with Gasteiger partial charge in [-0.15, -0.1) is 0 Å². The predicted molar refractivity (Wildman–Crippen MR) is 188 cm³/mol. The number of hydrogen-bond acceptors (Lipinski definition) is 9. The van der Waals surface area contributed by atoms with Crippen LogP contribution in [-0.2, 0) is 10.0 Å². The molecule has 0 unspecified atom stereocenters. The highest BCUT2D eigenvalue weighted by molar-refractivity contribution is 7.90. The van der Waals surface area contributed by atoms with Gasteiger partial charge in [0.1, 0.15) is 22.7 Å². The minimum absolute atomic E-state index is 0.182. The Morgan fingerprint density at radius 1 is 0.854 bits per heavy atom. The van der Waals surface area contributed by atoms with E-state index in [-0.39, 0.29) is 10.5 Å². The van der Waals surface area contributed by atoms with Crippen molar-refractivity contribution in [2.45, 2.75) is 30.7 Å². The summed E-state index contributed by atoms with van der Waals surface area (Å²) in [5, 5.41) is 0. The van der Waals surface area contributed by atoms with Gasteiger partial charge in [0, 0.05) is 49.5 Å². The largest absolute Gasteiger partial charge is 0.494 e. The summed E-state index contributed by atoms with van der Waals surface area (Å²) in [6.07, 6.45) is 5.65. The number of ether oxygens (including phenoxy) is 2. The van der Waals surface area contributed by atoms with E-state index >= 15 is 0 Å². The summed E-state index contributed by atoms with van der Waals surface area (Å²) >= 11 is 0. The van der Waals surface area contributed by atoms with Gasteiger partial charge in [0.05, 0.1) is 31.0 Å². The van der Waals surface area contributed by atoms with E-state index in [0.717, 1.165) is 61.6 Å². The lowest BCUT2D eigenvalue weighted by molar-refractivity contribution is 0.115. The molecule has 249 valence electrons. The molecule has 48 heavy (non-hydrogen) atoms. The van der Waals surface area contributed by atoms with Crippen LogP contribution in [0.2, 0.25) is 0 Å². The summed E-state index contributed by atoms with van der Waals surface area (Å²) < 4.78 is 40.9. The van der Waals surface area contributed by atoms with Gasteiger partial charge in [0.15, 0.2) is 5.65 Å². The monoisotopic (exact) mass is 665 g/mol. The average Bonchev–Trinajstić information content (AvgIpc) is 3.52. The van der Waals surface area contributed by atoms with Gasteiger partial charge in [-0.2, -0.15) is 0 Å². The standard InChI is InChI=1S/C37H41N6O4S/c1-26-10-12-30(13-11-26)48(44,45)43-25-31(27-8-6-5-7-9-27)35-37(43)38-24-32(39-35)28-22-33(46-3)36(34(23-28)47-4)42-20-18-41(19-21-42)29-14-16-40(2)17-15-29/h6-13,22-25,29H,14-21H2,1-4H3. The fraction of sp³-hybridized carbons (Fsp3) is 0.351. The van der Waals surface area contributed by atoms with E-state index in [9.17, 15) is 8.42 Å². The van der Waals surface area contributed by atoms with Crippen LogP contribution in [0.1, 0.15) is 18.4 Å². The number of aromatic nitrogens is 3. The van der Waals surface area contributed by atoms with Crippen molar-refractivity contribution in [1.82, 2.24) is 23.7 Å². The van der Waals surface area contributed by atoms with Gasteiger partial charge in [-0.3, -0.25) is 4.90 Å². The molecule has 2 fully saturated rings. The topological polar surface area (TPSA) is 93.0 Å². The first kappa shape index (κ1) is 32.1. The number of hydrogen-bond donors (Lipinski definition) is 0. The second-order valence-corrected chi connectivity index (χ2v) is 14.5. The first-order valence-corrected chi connectivity index (χ1v) is 17.8. The van der Waals surface area contributed by atoms with Crippen molar-refractivity contribution in [2.75, 3.05) is 65.4 Å². The number of rotatable bonds is 8. The molecule has 0 N–H and O–H groups in total. The molecule has 0 bridgehead atoms. The molecule has 10 nitrogen and oxygen atoms in total. The molecule has 2 saturated heterocycles. The smallest absolute Gasteiger partial charge is 0.269 e. The lowest BCUT2D eigenvalue weighted by atomic mass is 10.0. The molecule has 0 amide bonds. The Hall–Kier alpha value is -4.45. The zero-order valence-corrected chi connectivity index (χ0v) is 28.7. The van der Waals surface area contributed by atoms with Crippen LogP contribution in [-0.4, -0.2) is 98.7 Å². The summed E-state index contributed by atoms with van der Waals surface area (Å²) in [5.74, 6) is 1.38. The highest BCUT2D eigenvalue weighted by atomic mass is 32.2. The highest BCUT2D eigenvalue weighted by Gasteiger charge is 2.30. The highest BCUT2D eigenvalue weighted by Crippen LogP contribution is 2.43. The van der Waals surface area contributed by atoms with Gasteiger partial charge in [0.2, 0.25) is 0 Å². The van der Waals surface area contributed by atoms with Gasteiger partial charge in [-0.25, -0.2) is 22.4 Å². The van der Waals surface area contributed by atoms with E-state index in [4.69, 9.17) is 19.4 Å². The van der Waals surface area contributed by atoms with E-state index in [1.54, 1.807) is 63.0 Å². The summed E-state index contributed by atoms with van der Waals surface area (Å²) in [4.78, 5) is 17.3. The number of fused-ring (bicyclic) bond motifs is 1. The Morgan fingerprint density at radius 2 is 1.50 bits per heavy atom. The number of piperidine rings is 1. The third-order valence-corrected chi connectivity index (χ3v) is 11.3. The number of likely N-dealkylation sites (tertiary alicyclic amines) is 1. The Morgan fingerprint density at radius 3 is 2.12 bits per heavy atom. The molecule has 0 saturated carbocycles. The molecule has 0 atom stereocenters. The molecule has 3 aromatic carbocycles. The van der Waals surface area contributed by atoms with Crippen molar-refractivity contribution in [3.05, 3.63) is 84.7 Å². The minimum atomic E-state index is -3.94. The summed E-state index contributed by atoms with van der Waals surface area (Å²) in [6, 6.07) is 21.8. The molecule has 11 heteroatoms. The molecule has 2 aliphatic rings. The average molecular weight is 666 g/mol. The van der Waals surface area contributed by atoms with Gasteiger partial charge in [-0.05, 0) is 75.8 Å². The van der Waals surface area contributed by atoms with Crippen molar-refractivity contribution >= 4 is 26.9 Å². The van der Waals surface area contributed by atoms with Crippen LogP contribution >= 0.6 is 0 Å². The molecule has 1 radical (unpaired) electrons. The maximum Gasteiger partial charge on any atom is 0.269 e. The van der Waals surface area contributed by atoms with Crippen LogP contribution in [0, 0.1) is 13.0 Å². The SMILES string of the molecule is COc1cc(-c2cnc3c(n2)c(-c2cc[c]cc2)cn3S(=O)(=O)c2ccc(C)cc2)cc(OC)c1N1CCN(C2CCN(C)CC2)CC1. The lowest BCUT2D eigenvalue weighted by Crippen LogP contribution is -2.53. The Balaban J connectivity index is 1.25. The quantitative estimate of drug-likeness (QED) is 0.218. The number of piperazine rings is 1. The van der Waals surface area contributed by atoms with Crippen LogP contribution in [0.15, 0.2) is 78.0 Å². The number of methoxy groups -OCH3 is 2. The predicted octanol–water partition coefficient (Wildman–Crippen LogP) is 5.34. The van der Waals surface area contributed by atoms with Crippen molar-refractivity contribution < 1.29 is 17.9 Å². The van der Waals surface area contributed by atoms with Crippen LogP contribution in [0.25, 0.3) is 33.5 Å². The summed E-state index contributed by atoms with van der Waals surface area (Å²) in [7, 11) is 1.60. The second kappa shape index (κ2) is 13.2. The second-order valence-electron chi connectivity index (χ2n) is 12.7. The van der Waals surface area contributed by atoms with E-state index in [2.05, 4.69) is 27.8 Å². The van der Waals surface area contributed by atoms with E-state index < -0.39 is 10.0 Å². The van der Waals surface area contributed by atoms with Crippen molar-refractivity contribution in [3.63, 3.8) is 0 Å². The third-order valence-electron chi connectivity index (χ3n) is 9.68. The van der Waals surface area contributed by atoms with Crippen LogP contribution in [0.5, 0.6) is 11.5 Å². The van der Waals surface area contributed by atoms with Crippen LogP contribution in [0.4, 0.5) is 5.69 Å². The molecule has 2 aliphatic heterocycles. The van der Waals surface area contributed by atoms with Crippen molar-refractivity contribution in [3.8, 4) is 33.9 Å². The van der Waals surface area contributed by atoms with E-state index in [0.29, 0.717) is 34.3 Å². The number of benzene rings is 3. The van der Waals surface area contributed by atoms with Crippen molar-refractivity contribution in [1.29, 1.82) is 0 Å². The Labute approximate surface area is 282 Å². The lowest BCUT2D eigenvalue weighted by Gasteiger charge is -2.43. The van der Waals surface area contributed by atoms with Crippen molar-refractivity contribution in [2.24, 2.45) is 0 Å². The van der Waals surface area contributed by atoms with Gasteiger partial charge >= 0.3 is 0 Å². The fourth-order valence-electron chi connectivity index (χ4n) is 6.91. The summed E-state index contributed by atoms with van der Waals surface area (Å²) in [5.41, 5.74) is 5.43. The Bertz CT molecular complexity index is 1990. The number of anilines is 1. The molecule has 0 spiro atoms. The molecule has 2 aromatic heterocycles. The van der Waals surface area contributed by atoms with E-state index in [1.807, 2.05) is 31.2 Å². The van der Waals surface area contributed by atoms with Gasteiger partial charge in [-0.1, -0.05) is 42.0 Å². The number of aryl methyl sites for hydroxylation is 1. The maximum atomic E-state index is 13.9. The Kier molecular flexibility index (Phi) is 8.84. The van der Waals surface area contributed by atoms with Crippen LogP contribution < -0.4 is 14.4 Å². The van der Waals surface area contributed by atoms with E-state index in [1.165, 1.54) is 16.8 Å². The molecular weight excluding hydrogens is 625 g/mol. The minimum Gasteiger partial charge on any atom is -0.494 e. The van der Waals surface area contributed by atoms with Gasteiger partial charge < -0.3 is 19.3 Å². The third kappa shape index (κ3) is 6.02. The first-order chi connectivity index (χ1) is 23.3. The summed E-state index contributed by atoms with van der Waals surface area (Å²) in [6.45, 7) is 7.98. The van der Waals surface area contributed by atoms with Crippen LogP contribution in [0.3, 0.4) is 0 Å².